The van der Waals surface area contributed by atoms with E-state index in [4.69, 9.17) is 4.99 Å². The van der Waals surface area contributed by atoms with E-state index in [0.717, 1.165) is 0 Å². The van der Waals surface area contributed by atoms with Gasteiger partial charge in [0.15, 0.2) is 5.17 Å². The maximum atomic E-state index is 4.80. The minimum atomic E-state index is 0.588. The van der Waals surface area contributed by atoms with Crippen LogP contribution < -0.4 is 5.32 Å². The fourth-order valence-corrected chi connectivity index (χ4v) is 3.77. The lowest BCUT2D eigenvalue weighted by Crippen LogP contribution is -2.24. The molecule has 2 aliphatic heterocycles. The molecule has 0 aliphatic carbocycles. The summed E-state index contributed by atoms with van der Waals surface area (Å²) in [7, 11) is 0. The summed E-state index contributed by atoms with van der Waals surface area (Å²) in [5.41, 5.74) is 0. The number of hydrogen-bond donors (Lipinski definition) is 1. The van der Waals surface area contributed by atoms with Gasteiger partial charge in [0.1, 0.15) is 0 Å². The fourth-order valence-electron chi connectivity index (χ4n) is 1.75. The van der Waals surface area contributed by atoms with E-state index in [2.05, 4.69) is 24.0 Å². The van der Waals surface area contributed by atoms with E-state index in [0.29, 0.717) is 12.1 Å². The molecule has 2 aliphatic rings. The lowest BCUT2D eigenvalue weighted by Gasteiger charge is -2.09. The normalized spacial score (nSPS) is 36.8. The number of nitrogens with one attached hydrogen (secondary N) is 1. The molecule has 2 unspecified atom stereocenters. The minimum absolute atomic E-state index is 0.588. The molecule has 4 heteroatoms. The van der Waals surface area contributed by atoms with Gasteiger partial charge in [0.25, 0.3) is 0 Å². The van der Waals surface area contributed by atoms with Crippen molar-refractivity contribution in [2.24, 2.45) is 4.99 Å². The highest BCUT2D eigenvalue weighted by Gasteiger charge is 2.18. The van der Waals surface area contributed by atoms with Crippen LogP contribution in [0.4, 0.5) is 0 Å². The molecule has 2 fully saturated rings. The van der Waals surface area contributed by atoms with Crippen LogP contribution in [0.15, 0.2) is 4.99 Å². The highest BCUT2D eigenvalue weighted by molar-refractivity contribution is 8.14. The number of thioether (sulfide) groups is 2. The first-order chi connectivity index (χ1) is 6.84. The Kier molecular flexibility index (Phi) is 4.05. The second kappa shape index (κ2) is 5.31. The second-order valence-corrected chi connectivity index (χ2v) is 6.22. The maximum absolute atomic E-state index is 4.80. The average molecular weight is 230 g/mol. The first kappa shape index (κ1) is 10.7. The molecule has 1 N–H and O–H groups in total. The van der Waals surface area contributed by atoms with E-state index < -0.39 is 0 Å². The quantitative estimate of drug-likeness (QED) is 0.748. The Labute approximate surface area is 94.7 Å². The molecule has 2 atom stereocenters. The van der Waals surface area contributed by atoms with Crippen molar-refractivity contribution < 1.29 is 0 Å². The van der Waals surface area contributed by atoms with Gasteiger partial charge in [-0.15, -0.1) is 0 Å². The smallest absolute Gasteiger partial charge is 0.157 e. The first-order valence-corrected chi connectivity index (χ1v) is 7.53. The van der Waals surface area contributed by atoms with Crippen molar-refractivity contribution in [1.29, 1.82) is 0 Å². The summed E-state index contributed by atoms with van der Waals surface area (Å²) in [6.07, 6.45) is 3.89. The lowest BCUT2D eigenvalue weighted by molar-refractivity contribution is 0.602. The molecule has 0 aromatic carbocycles. The SMILES string of the molecule is CC1CSC(=NC2CCCSCC2)N1. The van der Waals surface area contributed by atoms with Gasteiger partial charge in [-0.1, -0.05) is 11.8 Å². The van der Waals surface area contributed by atoms with E-state index in [1.165, 1.54) is 41.7 Å². The van der Waals surface area contributed by atoms with Gasteiger partial charge in [-0.05, 0) is 37.7 Å². The Balaban J connectivity index is 1.88. The fraction of sp³-hybridized carbons (Fsp3) is 0.900. The summed E-state index contributed by atoms with van der Waals surface area (Å²) in [5.74, 6) is 3.81. The maximum Gasteiger partial charge on any atom is 0.157 e. The summed E-state index contributed by atoms with van der Waals surface area (Å²) in [4.78, 5) is 4.80. The molecule has 0 bridgehead atoms. The highest BCUT2D eigenvalue weighted by atomic mass is 32.2. The van der Waals surface area contributed by atoms with Crippen LogP contribution in [-0.2, 0) is 0 Å². The molecular formula is C10H18N2S2. The van der Waals surface area contributed by atoms with E-state index in [9.17, 15) is 0 Å². The molecule has 2 saturated heterocycles. The van der Waals surface area contributed by atoms with Crippen molar-refractivity contribution in [3.05, 3.63) is 0 Å². The minimum Gasteiger partial charge on any atom is -0.362 e. The number of rotatable bonds is 1. The standard InChI is InChI=1S/C10H18N2S2/c1-8-7-14-10(11-8)12-9-3-2-5-13-6-4-9/h8-9H,2-7H2,1H3,(H,11,12). The van der Waals surface area contributed by atoms with E-state index in [1.807, 2.05) is 11.8 Å². The molecule has 0 aromatic rings. The number of nitrogens with zero attached hydrogens (tertiary/aromatic N) is 1. The third-order valence-corrected chi connectivity index (χ3v) is 4.83. The molecule has 0 spiro atoms. The third-order valence-electron chi connectivity index (χ3n) is 2.56. The van der Waals surface area contributed by atoms with Gasteiger partial charge in [-0.3, -0.25) is 4.99 Å². The lowest BCUT2D eigenvalue weighted by atomic mass is 10.1. The van der Waals surface area contributed by atoms with Gasteiger partial charge in [0, 0.05) is 11.8 Å². The van der Waals surface area contributed by atoms with Crippen molar-refractivity contribution in [1.82, 2.24) is 5.32 Å². The first-order valence-electron chi connectivity index (χ1n) is 5.39. The van der Waals surface area contributed by atoms with Crippen molar-refractivity contribution in [2.75, 3.05) is 17.3 Å². The Morgan fingerprint density at radius 3 is 3.07 bits per heavy atom. The number of amidine groups is 1. The molecule has 0 amide bonds. The highest BCUT2D eigenvalue weighted by Crippen LogP contribution is 2.21. The summed E-state index contributed by atoms with van der Waals surface area (Å²) in [6.45, 7) is 2.22. The summed E-state index contributed by atoms with van der Waals surface area (Å²) < 4.78 is 0. The Morgan fingerprint density at radius 2 is 2.29 bits per heavy atom. The van der Waals surface area contributed by atoms with Crippen LogP contribution in [0.5, 0.6) is 0 Å². The number of hydrogen-bond acceptors (Lipinski definition) is 3. The largest absolute Gasteiger partial charge is 0.362 e. The zero-order valence-corrected chi connectivity index (χ0v) is 10.3. The average Bonchev–Trinajstić information content (AvgIpc) is 2.43. The van der Waals surface area contributed by atoms with Gasteiger partial charge in [0.2, 0.25) is 0 Å². The van der Waals surface area contributed by atoms with Crippen LogP contribution in [0.1, 0.15) is 26.2 Å². The van der Waals surface area contributed by atoms with Crippen molar-refractivity contribution in [3.8, 4) is 0 Å². The van der Waals surface area contributed by atoms with E-state index >= 15 is 0 Å². The van der Waals surface area contributed by atoms with Crippen LogP contribution in [0.3, 0.4) is 0 Å². The van der Waals surface area contributed by atoms with Gasteiger partial charge < -0.3 is 5.32 Å². The molecule has 0 radical (unpaired) electrons. The van der Waals surface area contributed by atoms with Crippen molar-refractivity contribution in [2.45, 2.75) is 38.3 Å². The molecule has 2 heterocycles. The molecule has 14 heavy (non-hydrogen) atoms. The molecule has 2 nitrogen and oxygen atoms in total. The monoisotopic (exact) mass is 230 g/mol. The molecular weight excluding hydrogens is 212 g/mol. The van der Waals surface area contributed by atoms with Crippen LogP contribution in [0.25, 0.3) is 0 Å². The molecule has 0 aromatic heterocycles. The van der Waals surface area contributed by atoms with E-state index in [-0.39, 0.29) is 0 Å². The topological polar surface area (TPSA) is 24.4 Å². The summed E-state index contributed by atoms with van der Waals surface area (Å²) in [5, 5.41) is 4.62. The van der Waals surface area contributed by atoms with Crippen LogP contribution >= 0.6 is 23.5 Å². The van der Waals surface area contributed by atoms with Crippen molar-refractivity contribution >= 4 is 28.7 Å². The van der Waals surface area contributed by atoms with Crippen LogP contribution in [0.2, 0.25) is 0 Å². The summed E-state index contributed by atoms with van der Waals surface area (Å²) >= 11 is 3.96. The van der Waals surface area contributed by atoms with Crippen LogP contribution in [-0.4, -0.2) is 34.5 Å². The zero-order chi connectivity index (χ0) is 9.80. The van der Waals surface area contributed by atoms with Gasteiger partial charge in [0.05, 0.1) is 6.04 Å². The van der Waals surface area contributed by atoms with Gasteiger partial charge in [-0.25, -0.2) is 0 Å². The van der Waals surface area contributed by atoms with Crippen LogP contribution in [0, 0.1) is 0 Å². The predicted octanol–water partition coefficient (Wildman–Crippen LogP) is 2.35. The van der Waals surface area contributed by atoms with E-state index in [1.54, 1.807) is 0 Å². The predicted molar refractivity (Wildman–Crippen MR) is 67.5 cm³/mol. The number of aliphatic imine (C=N–C) groups is 1. The van der Waals surface area contributed by atoms with Gasteiger partial charge in [-0.2, -0.15) is 11.8 Å². The molecule has 0 saturated carbocycles. The van der Waals surface area contributed by atoms with Crippen molar-refractivity contribution in [3.63, 3.8) is 0 Å². The zero-order valence-electron chi connectivity index (χ0n) is 8.66. The molecule has 2 rings (SSSR count). The Bertz CT molecular complexity index is 210. The summed E-state index contributed by atoms with van der Waals surface area (Å²) in [6, 6.07) is 1.20. The Morgan fingerprint density at radius 1 is 1.36 bits per heavy atom. The second-order valence-electron chi connectivity index (χ2n) is 3.99. The Hall–Kier alpha value is 0.170. The third kappa shape index (κ3) is 3.09. The van der Waals surface area contributed by atoms with Gasteiger partial charge >= 0.3 is 0 Å². The molecule has 80 valence electrons.